The maximum absolute atomic E-state index is 10.8. The minimum absolute atomic E-state index is 0.191. The van der Waals surface area contributed by atoms with E-state index in [2.05, 4.69) is 15.3 Å². The molecule has 0 radical (unpaired) electrons. The fraction of sp³-hybridized carbons (Fsp3) is 0.0556. The second-order valence-electron chi connectivity index (χ2n) is 5.43. The van der Waals surface area contributed by atoms with Crippen molar-refractivity contribution in [2.45, 2.75) is 0 Å². The number of aromatic nitrogens is 3. The van der Waals surface area contributed by atoms with E-state index in [-0.39, 0.29) is 6.54 Å². The topological polar surface area (TPSA) is 90.9 Å². The van der Waals surface area contributed by atoms with E-state index in [9.17, 15) is 4.79 Å². The van der Waals surface area contributed by atoms with Gasteiger partial charge in [-0.2, -0.15) is 0 Å². The summed E-state index contributed by atoms with van der Waals surface area (Å²) in [4.78, 5) is 23.0. The zero-order chi connectivity index (χ0) is 16.5. The van der Waals surface area contributed by atoms with Gasteiger partial charge in [-0.1, -0.05) is 24.3 Å². The highest BCUT2D eigenvalue weighted by atomic mass is 16.4. The SMILES string of the molecule is O=C(O)CNc1cc(-c2ccc3ccccc3n2)c2cc[nH]c2n1. The number of hydrogen-bond acceptors (Lipinski definition) is 4. The lowest BCUT2D eigenvalue weighted by Crippen LogP contribution is -2.13. The summed E-state index contributed by atoms with van der Waals surface area (Å²) in [7, 11) is 0. The van der Waals surface area contributed by atoms with Gasteiger partial charge in [-0.15, -0.1) is 0 Å². The predicted molar refractivity (Wildman–Crippen MR) is 93.0 cm³/mol. The van der Waals surface area contributed by atoms with Gasteiger partial charge >= 0.3 is 5.97 Å². The van der Waals surface area contributed by atoms with Crippen LogP contribution in [-0.2, 0) is 4.79 Å². The van der Waals surface area contributed by atoms with Crippen LogP contribution >= 0.6 is 0 Å². The number of rotatable bonds is 4. The summed E-state index contributed by atoms with van der Waals surface area (Å²) in [6.45, 7) is -0.191. The lowest BCUT2D eigenvalue weighted by molar-refractivity contribution is -0.134. The summed E-state index contributed by atoms with van der Waals surface area (Å²) in [6.07, 6.45) is 1.81. The Morgan fingerprint density at radius 1 is 1.12 bits per heavy atom. The molecule has 0 unspecified atom stereocenters. The molecule has 3 aromatic heterocycles. The van der Waals surface area contributed by atoms with E-state index in [1.54, 1.807) is 0 Å². The van der Waals surface area contributed by atoms with Gasteiger partial charge in [-0.05, 0) is 24.3 Å². The van der Waals surface area contributed by atoms with E-state index in [0.717, 1.165) is 27.5 Å². The molecule has 6 nitrogen and oxygen atoms in total. The van der Waals surface area contributed by atoms with E-state index < -0.39 is 5.97 Å². The molecule has 4 aromatic rings. The number of anilines is 1. The van der Waals surface area contributed by atoms with E-state index >= 15 is 0 Å². The normalized spacial score (nSPS) is 11.0. The number of nitrogens with zero attached hydrogens (tertiary/aromatic N) is 2. The Labute approximate surface area is 137 Å². The fourth-order valence-corrected chi connectivity index (χ4v) is 2.72. The summed E-state index contributed by atoms with van der Waals surface area (Å²) in [5.41, 5.74) is 3.32. The van der Waals surface area contributed by atoms with Gasteiger partial charge in [0.05, 0.1) is 11.2 Å². The summed E-state index contributed by atoms with van der Waals surface area (Å²) >= 11 is 0. The number of para-hydroxylation sites is 1. The molecule has 4 rings (SSSR count). The van der Waals surface area contributed by atoms with Crippen molar-refractivity contribution in [1.82, 2.24) is 15.0 Å². The molecule has 0 aliphatic rings. The molecular formula is C18H14N4O2. The van der Waals surface area contributed by atoms with Crippen LogP contribution in [0, 0.1) is 0 Å². The number of hydrogen-bond donors (Lipinski definition) is 3. The third kappa shape index (κ3) is 2.54. The maximum Gasteiger partial charge on any atom is 0.322 e. The number of aliphatic carboxylic acids is 1. The van der Waals surface area contributed by atoms with Crippen LogP contribution in [0.1, 0.15) is 0 Å². The van der Waals surface area contributed by atoms with Crippen LogP contribution in [0.25, 0.3) is 33.2 Å². The molecular weight excluding hydrogens is 304 g/mol. The number of benzene rings is 1. The molecule has 6 heteroatoms. The van der Waals surface area contributed by atoms with Gasteiger partial charge in [0, 0.05) is 22.5 Å². The summed E-state index contributed by atoms with van der Waals surface area (Å²) < 4.78 is 0. The van der Waals surface area contributed by atoms with Crippen LogP contribution < -0.4 is 5.32 Å². The van der Waals surface area contributed by atoms with E-state index in [1.807, 2.05) is 54.7 Å². The average Bonchev–Trinajstić information content (AvgIpc) is 3.07. The van der Waals surface area contributed by atoms with Crippen LogP contribution in [0.15, 0.2) is 54.7 Å². The van der Waals surface area contributed by atoms with Crippen molar-refractivity contribution in [3.63, 3.8) is 0 Å². The minimum Gasteiger partial charge on any atom is -0.480 e. The van der Waals surface area contributed by atoms with Gasteiger partial charge in [-0.3, -0.25) is 4.79 Å². The molecule has 3 N–H and O–H groups in total. The lowest BCUT2D eigenvalue weighted by atomic mass is 10.1. The Kier molecular flexibility index (Phi) is 3.35. The minimum atomic E-state index is -0.936. The lowest BCUT2D eigenvalue weighted by Gasteiger charge is -2.08. The average molecular weight is 318 g/mol. The number of aromatic amines is 1. The Hall–Kier alpha value is -3.41. The van der Waals surface area contributed by atoms with Crippen molar-refractivity contribution in [2.24, 2.45) is 0 Å². The highest BCUT2D eigenvalue weighted by molar-refractivity contribution is 5.95. The van der Waals surface area contributed by atoms with Crippen molar-refractivity contribution in [2.75, 3.05) is 11.9 Å². The van der Waals surface area contributed by atoms with Gasteiger partial charge in [0.15, 0.2) is 0 Å². The predicted octanol–water partition coefficient (Wildman–Crippen LogP) is 3.27. The number of carboxylic acid groups (broad SMARTS) is 1. The number of H-pyrrole nitrogens is 1. The molecule has 24 heavy (non-hydrogen) atoms. The molecule has 0 aliphatic carbocycles. The second kappa shape index (κ2) is 5.66. The Morgan fingerprint density at radius 2 is 2.00 bits per heavy atom. The molecule has 0 bridgehead atoms. The van der Waals surface area contributed by atoms with E-state index in [4.69, 9.17) is 10.1 Å². The second-order valence-corrected chi connectivity index (χ2v) is 5.43. The number of fused-ring (bicyclic) bond motifs is 2. The Bertz CT molecular complexity index is 1060. The van der Waals surface area contributed by atoms with Crippen molar-refractivity contribution in [3.05, 3.63) is 54.7 Å². The zero-order valence-electron chi connectivity index (χ0n) is 12.7. The first kappa shape index (κ1) is 14.2. The van der Waals surface area contributed by atoms with E-state index in [1.165, 1.54) is 0 Å². The fourth-order valence-electron chi connectivity index (χ4n) is 2.72. The number of pyridine rings is 2. The van der Waals surface area contributed by atoms with Gasteiger partial charge in [0.2, 0.25) is 0 Å². The largest absolute Gasteiger partial charge is 0.480 e. The quantitative estimate of drug-likeness (QED) is 0.537. The zero-order valence-corrected chi connectivity index (χ0v) is 12.7. The Balaban J connectivity index is 1.86. The molecule has 0 saturated carbocycles. The van der Waals surface area contributed by atoms with E-state index in [0.29, 0.717) is 11.5 Å². The smallest absolute Gasteiger partial charge is 0.322 e. The molecule has 3 heterocycles. The van der Waals surface area contributed by atoms with Crippen molar-refractivity contribution >= 4 is 33.7 Å². The first-order valence-corrected chi connectivity index (χ1v) is 7.51. The van der Waals surface area contributed by atoms with Crippen molar-refractivity contribution in [1.29, 1.82) is 0 Å². The van der Waals surface area contributed by atoms with Gasteiger partial charge in [0.1, 0.15) is 18.0 Å². The van der Waals surface area contributed by atoms with Crippen LogP contribution in [0.4, 0.5) is 5.82 Å². The molecule has 0 aliphatic heterocycles. The van der Waals surface area contributed by atoms with Gasteiger partial charge in [-0.25, -0.2) is 9.97 Å². The summed E-state index contributed by atoms with van der Waals surface area (Å²) in [5, 5.41) is 13.7. The summed E-state index contributed by atoms with van der Waals surface area (Å²) in [6, 6.07) is 15.7. The highest BCUT2D eigenvalue weighted by Gasteiger charge is 2.11. The number of carboxylic acids is 1. The molecule has 0 atom stereocenters. The third-order valence-electron chi connectivity index (χ3n) is 3.82. The van der Waals surface area contributed by atoms with Crippen LogP contribution in [-0.4, -0.2) is 32.6 Å². The third-order valence-corrected chi connectivity index (χ3v) is 3.82. The van der Waals surface area contributed by atoms with Crippen molar-refractivity contribution < 1.29 is 9.90 Å². The highest BCUT2D eigenvalue weighted by Crippen LogP contribution is 2.29. The number of nitrogens with one attached hydrogen (secondary N) is 2. The van der Waals surface area contributed by atoms with Gasteiger partial charge < -0.3 is 15.4 Å². The molecule has 1 aromatic carbocycles. The molecule has 118 valence electrons. The van der Waals surface area contributed by atoms with Crippen molar-refractivity contribution in [3.8, 4) is 11.3 Å². The maximum atomic E-state index is 10.8. The first-order valence-electron chi connectivity index (χ1n) is 7.51. The van der Waals surface area contributed by atoms with Crippen LogP contribution in [0.3, 0.4) is 0 Å². The summed E-state index contributed by atoms with van der Waals surface area (Å²) in [5.74, 6) is -0.439. The number of carbonyl (C=O) groups is 1. The monoisotopic (exact) mass is 318 g/mol. The van der Waals surface area contributed by atoms with Crippen LogP contribution in [0.5, 0.6) is 0 Å². The van der Waals surface area contributed by atoms with Gasteiger partial charge in [0.25, 0.3) is 0 Å². The molecule has 0 saturated heterocycles. The molecule has 0 fully saturated rings. The molecule has 0 spiro atoms. The Morgan fingerprint density at radius 3 is 2.88 bits per heavy atom. The standard InChI is InChI=1S/C18H14N4O2/c23-17(24)10-20-16-9-13(12-7-8-19-18(12)22-16)15-6-5-11-3-1-2-4-14(11)21-15/h1-9H,10H2,(H,23,24)(H2,19,20,22). The molecule has 0 amide bonds. The first-order chi connectivity index (χ1) is 11.7. The van der Waals surface area contributed by atoms with Crippen LogP contribution in [0.2, 0.25) is 0 Å².